The maximum absolute atomic E-state index is 11.2. The van der Waals surface area contributed by atoms with Crippen molar-refractivity contribution in [3.63, 3.8) is 0 Å². The molecule has 1 rings (SSSR count). The number of carbonyl (C=O) groups is 2. The van der Waals surface area contributed by atoms with Crippen LogP contribution in [0.15, 0.2) is 0 Å². The third kappa shape index (κ3) is 7.53. The van der Waals surface area contributed by atoms with Gasteiger partial charge >= 0.3 is 5.97 Å². The lowest BCUT2D eigenvalue weighted by molar-refractivity contribution is -0.133. The maximum Gasteiger partial charge on any atom is 0.313 e. The molecule has 6 heteroatoms. The van der Waals surface area contributed by atoms with Crippen LogP contribution in [0.25, 0.3) is 0 Å². The molecule has 1 fully saturated rings. The van der Waals surface area contributed by atoms with Crippen LogP contribution in [-0.4, -0.2) is 47.6 Å². The molecule has 0 atom stereocenters. The van der Waals surface area contributed by atoms with Gasteiger partial charge in [-0.05, 0) is 25.8 Å². The fourth-order valence-corrected chi connectivity index (χ4v) is 1.76. The number of carbonyl (C=O) groups excluding carboxylic acids is 1. The molecule has 0 aromatic rings. The van der Waals surface area contributed by atoms with Crippen molar-refractivity contribution in [3.05, 3.63) is 0 Å². The first-order chi connectivity index (χ1) is 7.68. The summed E-state index contributed by atoms with van der Waals surface area (Å²) in [5.74, 6) is -0.761. The molecule has 1 aliphatic rings. The number of carboxylic acid groups (broad SMARTS) is 1. The van der Waals surface area contributed by atoms with Crippen molar-refractivity contribution >= 4 is 23.6 Å². The third-order valence-electron chi connectivity index (χ3n) is 2.14. The van der Waals surface area contributed by atoms with Gasteiger partial charge < -0.3 is 15.7 Å². The van der Waals surface area contributed by atoms with E-state index in [2.05, 4.69) is 10.6 Å². The van der Waals surface area contributed by atoms with E-state index in [1.54, 1.807) is 0 Å². The Kier molecular flexibility index (Phi) is 6.25. The van der Waals surface area contributed by atoms with Gasteiger partial charge in [-0.25, -0.2) is 0 Å². The number of hydrogen-bond donors (Lipinski definition) is 3. The van der Waals surface area contributed by atoms with Crippen molar-refractivity contribution in [2.24, 2.45) is 0 Å². The maximum atomic E-state index is 11.2. The molecule has 0 spiro atoms. The highest BCUT2D eigenvalue weighted by Gasteiger charge is 2.19. The molecule has 1 saturated carbocycles. The van der Waals surface area contributed by atoms with E-state index in [1.807, 2.05) is 0 Å². The zero-order valence-corrected chi connectivity index (χ0v) is 10.0. The number of nitrogens with one attached hydrogen (secondary N) is 2. The van der Waals surface area contributed by atoms with E-state index in [1.165, 1.54) is 12.8 Å². The van der Waals surface area contributed by atoms with Gasteiger partial charge in [0.2, 0.25) is 5.91 Å². The molecule has 0 unspecified atom stereocenters. The van der Waals surface area contributed by atoms with Crippen LogP contribution in [0.5, 0.6) is 0 Å². The Bertz CT molecular complexity index is 244. The molecule has 0 aromatic heterocycles. The number of rotatable bonds is 9. The SMILES string of the molecule is O=C(O)CSCC(=O)NCCCNC1CC1. The van der Waals surface area contributed by atoms with Crippen molar-refractivity contribution in [2.75, 3.05) is 24.6 Å². The lowest BCUT2D eigenvalue weighted by Gasteiger charge is -2.05. The van der Waals surface area contributed by atoms with E-state index >= 15 is 0 Å². The van der Waals surface area contributed by atoms with Gasteiger partial charge in [0.25, 0.3) is 0 Å². The molecule has 5 nitrogen and oxygen atoms in total. The molecule has 16 heavy (non-hydrogen) atoms. The minimum atomic E-state index is -0.883. The summed E-state index contributed by atoms with van der Waals surface area (Å²) in [5, 5.41) is 14.5. The Morgan fingerprint density at radius 2 is 2.00 bits per heavy atom. The van der Waals surface area contributed by atoms with Crippen LogP contribution in [-0.2, 0) is 9.59 Å². The molecule has 0 aromatic carbocycles. The second-order valence-corrected chi connectivity index (χ2v) is 4.80. The highest BCUT2D eigenvalue weighted by atomic mass is 32.2. The van der Waals surface area contributed by atoms with Crippen LogP contribution >= 0.6 is 11.8 Å². The lowest BCUT2D eigenvalue weighted by Crippen LogP contribution is -2.29. The molecule has 0 radical (unpaired) electrons. The monoisotopic (exact) mass is 246 g/mol. The number of amides is 1. The zero-order valence-electron chi connectivity index (χ0n) is 9.20. The van der Waals surface area contributed by atoms with Gasteiger partial charge in [-0.2, -0.15) is 0 Å². The van der Waals surface area contributed by atoms with Gasteiger partial charge in [-0.1, -0.05) is 0 Å². The molecular formula is C10H18N2O3S. The summed E-state index contributed by atoms with van der Waals surface area (Å²) in [6.07, 6.45) is 3.47. The van der Waals surface area contributed by atoms with Crippen LogP contribution in [0, 0.1) is 0 Å². The first-order valence-electron chi connectivity index (χ1n) is 5.48. The molecule has 3 N–H and O–H groups in total. The second-order valence-electron chi connectivity index (χ2n) is 3.82. The first kappa shape index (κ1) is 13.3. The Hall–Kier alpha value is -0.750. The van der Waals surface area contributed by atoms with Crippen LogP contribution in [0.2, 0.25) is 0 Å². The van der Waals surface area contributed by atoms with E-state index in [4.69, 9.17) is 5.11 Å². The predicted octanol–water partition coefficient (Wildman–Crippen LogP) is 0.0625. The van der Waals surface area contributed by atoms with Gasteiger partial charge in [-0.3, -0.25) is 9.59 Å². The van der Waals surface area contributed by atoms with Crippen molar-refractivity contribution in [3.8, 4) is 0 Å². The van der Waals surface area contributed by atoms with Crippen molar-refractivity contribution in [1.82, 2.24) is 10.6 Å². The normalized spacial score (nSPS) is 14.8. The summed E-state index contributed by atoms with van der Waals surface area (Å²) in [6.45, 7) is 1.60. The van der Waals surface area contributed by atoms with E-state index in [9.17, 15) is 9.59 Å². The Labute approximate surface area is 99.4 Å². The first-order valence-corrected chi connectivity index (χ1v) is 6.63. The van der Waals surface area contributed by atoms with Crippen LogP contribution in [0.3, 0.4) is 0 Å². The standard InChI is InChI=1S/C10H18N2O3S/c13-9(6-16-7-10(14)15)12-5-1-4-11-8-2-3-8/h8,11H,1-7H2,(H,12,13)(H,14,15). The van der Waals surface area contributed by atoms with Crippen molar-refractivity contribution in [1.29, 1.82) is 0 Å². The number of hydrogen-bond acceptors (Lipinski definition) is 4. The third-order valence-corrected chi connectivity index (χ3v) is 3.06. The number of carboxylic acids is 1. The molecule has 0 saturated heterocycles. The Balaban J connectivity index is 1.83. The van der Waals surface area contributed by atoms with E-state index in [-0.39, 0.29) is 17.4 Å². The minimum Gasteiger partial charge on any atom is -0.481 e. The summed E-state index contributed by atoms with van der Waals surface area (Å²) < 4.78 is 0. The van der Waals surface area contributed by atoms with Gasteiger partial charge in [0.1, 0.15) is 0 Å². The molecule has 1 aliphatic carbocycles. The summed E-state index contributed by atoms with van der Waals surface area (Å²) in [6, 6.07) is 0.710. The second kappa shape index (κ2) is 7.51. The van der Waals surface area contributed by atoms with Gasteiger partial charge in [0.15, 0.2) is 0 Å². The van der Waals surface area contributed by atoms with Crippen LogP contribution < -0.4 is 10.6 Å². The minimum absolute atomic E-state index is 0.0172. The summed E-state index contributed by atoms with van der Waals surface area (Å²) in [4.78, 5) is 21.4. The average molecular weight is 246 g/mol. The Morgan fingerprint density at radius 1 is 1.25 bits per heavy atom. The summed E-state index contributed by atoms with van der Waals surface area (Å²) in [5.41, 5.74) is 0. The van der Waals surface area contributed by atoms with Gasteiger partial charge in [0.05, 0.1) is 11.5 Å². The molecule has 92 valence electrons. The fourth-order valence-electron chi connectivity index (χ4n) is 1.19. The van der Waals surface area contributed by atoms with E-state index in [0.717, 1.165) is 24.7 Å². The summed E-state index contributed by atoms with van der Waals surface area (Å²) >= 11 is 1.12. The smallest absolute Gasteiger partial charge is 0.313 e. The van der Waals surface area contributed by atoms with E-state index in [0.29, 0.717) is 12.6 Å². The molecule has 0 bridgehead atoms. The molecule has 0 aliphatic heterocycles. The van der Waals surface area contributed by atoms with Crippen LogP contribution in [0.1, 0.15) is 19.3 Å². The highest BCUT2D eigenvalue weighted by Crippen LogP contribution is 2.18. The van der Waals surface area contributed by atoms with Crippen molar-refractivity contribution in [2.45, 2.75) is 25.3 Å². The lowest BCUT2D eigenvalue weighted by atomic mass is 10.4. The molecule has 0 heterocycles. The molecule has 1 amide bonds. The quantitative estimate of drug-likeness (QED) is 0.502. The van der Waals surface area contributed by atoms with Gasteiger partial charge in [0, 0.05) is 12.6 Å². The average Bonchev–Trinajstić information content (AvgIpc) is 3.00. The molecular weight excluding hydrogens is 228 g/mol. The van der Waals surface area contributed by atoms with Crippen LogP contribution in [0.4, 0.5) is 0 Å². The predicted molar refractivity (Wildman–Crippen MR) is 63.6 cm³/mol. The van der Waals surface area contributed by atoms with E-state index < -0.39 is 5.97 Å². The number of aliphatic carboxylic acids is 1. The summed E-state index contributed by atoms with van der Waals surface area (Å²) in [7, 11) is 0. The number of thioether (sulfide) groups is 1. The van der Waals surface area contributed by atoms with Gasteiger partial charge in [-0.15, -0.1) is 11.8 Å². The highest BCUT2D eigenvalue weighted by molar-refractivity contribution is 8.00. The zero-order chi connectivity index (χ0) is 11.8. The Morgan fingerprint density at radius 3 is 2.62 bits per heavy atom. The fraction of sp³-hybridized carbons (Fsp3) is 0.800. The topological polar surface area (TPSA) is 78.4 Å². The van der Waals surface area contributed by atoms with Crippen molar-refractivity contribution < 1.29 is 14.7 Å². The largest absolute Gasteiger partial charge is 0.481 e.